The molecule has 2 aromatic rings. The number of hydrogen-bond donors (Lipinski definition) is 0. The van der Waals surface area contributed by atoms with Crippen molar-refractivity contribution >= 4 is 11.3 Å². The lowest BCUT2D eigenvalue weighted by atomic mass is 10.3. The van der Waals surface area contributed by atoms with Crippen LogP contribution >= 0.6 is 11.3 Å². The topological polar surface area (TPSA) is 17.8 Å². The second kappa shape index (κ2) is 3.34. The standard InChI is InChI=1S/C10H12N2S/c1-8-5-9(2)12(11-8)6-10-3-4-13-7-10/h3-5,7H,6H2,1-2H3. The van der Waals surface area contributed by atoms with E-state index in [0.717, 1.165) is 12.2 Å². The minimum absolute atomic E-state index is 0.892. The van der Waals surface area contributed by atoms with Gasteiger partial charge in [0.05, 0.1) is 12.2 Å². The highest BCUT2D eigenvalue weighted by molar-refractivity contribution is 7.07. The maximum atomic E-state index is 4.41. The average molecular weight is 192 g/mol. The van der Waals surface area contributed by atoms with Gasteiger partial charge in [-0.3, -0.25) is 4.68 Å². The molecule has 2 nitrogen and oxygen atoms in total. The van der Waals surface area contributed by atoms with Gasteiger partial charge in [-0.2, -0.15) is 16.4 Å². The van der Waals surface area contributed by atoms with Crippen LogP contribution in [-0.4, -0.2) is 9.78 Å². The van der Waals surface area contributed by atoms with Gasteiger partial charge in [0, 0.05) is 5.69 Å². The Morgan fingerprint density at radius 3 is 2.85 bits per heavy atom. The first-order valence-electron chi connectivity index (χ1n) is 4.28. The van der Waals surface area contributed by atoms with Crippen LogP contribution in [0.1, 0.15) is 17.0 Å². The van der Waals surface area contributed by atoms with Crippen molar-refractivity contribution < 1.29 is 0 Å². The highest BCUT2D eigenvalue weighted by atomic mass is 32.1. The third-order valence-electron chi connectivity index (χ3n) is 2.02. The second-order valence-electron chi connectivity index (χ2n) is 3.22. The van der Waals surface area contributed by atoms with E-state index in [4.69, 9.17) is 0 Å². The molecule has 13 heavy (non-hydrogen) atoms. The van der Waals surface area contributed by atoms with E-state index >= 15 is 0 Å². The molecule has 2 rings (SSSR count). The van der Waals surface area contributed by atoms with Gasteiger partial charge in [0.1, 0.15) is 0 Å². The van der Waals surface area contributed by atoms with Crippen LogP contribution in [0.2, 0.25) is 0 Å². The van der Waals surface area contributed by atoms with Gasteiger partial charge < -0.3 is 0 Å². The molecule has 0 aliphatic rings. The Labute approximate surface area is 81.8 Å². The zero-order valence-electron chi connectivity index (χ0n) is 7.82. The minimum atomic E-state index is 0.892. The number of nitrogens with zero attached hydrogens (tertiary/aromatic N) is 2. The van der Waals surface area contributed by atoms with E-state index < -0.39 is 0 Å². The molecule has 0 aliphatic carbocycles. The fourth-order valence-electron chi connectivity index (χ4n) is 1.39. The van der Waals surface area contributed by atoms with Crippen LogP contribution in [0.4, 0.5) is 0 Å². The highest BCUT2D eigenvalue weighted by Crippen LogP contribution is 2.10. The zero-order valence-corrected chi connectivity index (χ0v) is 8.64. The van der Waals surface area contributed by atoms with E-state index in [2.05, 4.69) is 34.9 Å². The fourth-order valence-corrected chi connectivity index (χ4v) is 2.05. The fraction of sp³-hybridized carbons (Fsp3) is 0.300. The summed E-state index contributed by atoms with van der Waals surface area (Å²) < 4.78 is 2.04. The van der Waals surface area contributed by atoms with Crippen LogP contribution < -0.4 is 0 Å². The summed E-state index contributed by atoms with van der Waals surface area (Å²) in [5.41, 5.74) is 3.65. The molecule has 0 fully saturated rings. The van der Waals surface area contributed by atoms with Gasteiger partial charge in [-0.1, -0.05) is 0 Å². The first-order chi connectivity index (χ1) is 6.25. The van der Waals surface area contributed by atoms with Crippen LogP contribution in [0.3, 0.4) is 0 Å². The SMILES string of the molecule is Cc1cc(C)n(Cc2ccsc2)n1. The maximum Gasteiger partial charge on any atom is 0.0670 e. The largest absolute Gasteiger partial charge is 0.265 e. The summed E-state index contributed by atoms with van der Waals surface area (Å²) in [5, 5.41) is 8.67. The van der Waals surface area contributed by atoms with Gasteiger partial charge >= 0.3 is 0 Å². The third-order valence-corrected chi connectivity index (χ3v) is 2.75. The lowest BCUT2D eigenvalue weighted by Crippen LogP contribution is -2.02. The molecule has 0 saturated heterocycles. The Hall–Kier alpha value is -1.09. The second-order valence-corrected chi connectivity index (χ2v) is 4.00. The summed E-state index contributed by atoms with van der Waals surface area (Å²) in [5.74, 6) is 0. The molecule has 2 aromatic heterocycles. The molecule has 3 heteroatoms. The Kier molecular flexibility index (Phi) is 2.19. The molecule has 0 saturated carbocycles. The van der Waals surface area contributed by atoms with E-state index in [1.807, 2.05) is 11.6 Å². The van der Waals surface area contributed by atoms with Gasteiger partial charge in [-0.05, 0) is 42.3 Å². The van der Waals surface area contributed by atoms with Gasteiger partial charge in [0.2, 0.25) is 0 Å². The number of hydrogen-bond acceptors (Lipinski definition) is 2. The zero-order chi connectivity index (χ0) is 9.26. The van der Waals surface area contributed by atoms with E-state index in [0.29, 0.717) is 0 Å². The molecular weight excluding hydrogens is 180 g/mol. The molecule has 0 N–H and O–H groups in total. The van der Waals surface area contributed by atoms with E-state index in [1.54, 1.807) is 11.3 Å². The van der Waals surface area contributed by atoms with Crippen molar-refractivity contribution in [2.75, 3.05) is 0 Å². The Morgan fingerprint density at radius 2 is 2.31 bits per heavy atom. The van der Waals surface area contributed by atoms with Gasteiger partial charge in [0.25, 0.3) is 0 Å². The van der Waals surface area contributed by atoms with Crippen molar-refractivity contribution in [3.05, 3.63) is 39.8 Å². The van der Waals surface area contributed by atoms with Crippen LogP contribution in [0.15, 0.2) is 22.9 Å². The first kappa shape index (κ1) is 8.51. The van der Waals surface area contributed by atoms with E-state index in [-0.39, 0.29) is 0 Å². The Balaban J connectivity index is 2.23. The molecule has 0 radical (unpaired) electrons. The summed E-state index contributed by atoms with van der Waals surface area (Å²) in [7, 11) is 0. The van der Waals surface area contributed by atoms with Gasteiger partial charge in [-0.25, -0.2) is 0 Å². The van der Waals surface area contributed by atoms with Crippen LogP contribution in [0.25, 0.3) is 0 Å². The first-order valence-corrected chi connectivity index (χ1v) is 5.22. The molecule has 0 atom stereocenters. The normalized spacial score (nSPS) is 10.6. The molecule has 2 heterocycles. The minimum Gasteiger partial charge on any atom is -0.265 e. The molecular formula is C10H12N2S. The maximum absolute atomic E-state index is 4.41. The Morgan fingerprint density at radius 1 is 1.46 bits per heavy atom. The van der Waals surface area contributed by atoms with Crippen molar-refractivity contribution in [3.63, 3.8) is 0 Å². The average Bonchev–Trinajstić information content (AvgIpc) is 2.63. The monoisotopic (exact) mass is 192 g/mol. The smallest absolute Gasteiger partial charge is 0.0670 e. The summed E-state index contributed by atoms with van der Waals surface area (Å²) in [6, 6.07) is 4.24. The van der Waals surface area contributed by atoms with E-state index in [9.17, 15) is 0 Å². The van der Waals surface area contributed by atoms with Crippen LogP contribution in [0.5, 0.6) is 0 Å². The number of aromatic nitrogens is 2. The van der Waals surface area contributed by atoms with E-state index in [1.165, 1.54) is 11.3 Å². The highest BCUT2D eigenvalue weighted by Gasteiger charge is 2.01. The quantitative estimate of drug-likeness (QED) is 0.715. The molecule has 68 valence electrons. The lowest BCUT2D eigenvalue weighted by Gasteiger charge is -2.00. The summed E-state index contributed by atoms with van der Waals surface area (Å²) in [4.78, 5) is 0. The molecule has 0 aliphatic heterocycles. The number of aryl methyl sites for hydroxylation is 2. The number of thiophene rings is 1. The molecule has 0 aromatic carbocycles. The summed E-state index contributed by atoms with van der Waals surface area (Å²) in [6.07, 6.45) is 0. The van der Waals surface area contributed by atoms with Crippen molar-refractivity contribution in [3.8, 4) is 0 Å². The molecule has 0 spiro atoms. The van der Waals surface area contributed by atoms with Crippen molar-refractivity contribution in [2.24, 2.45) is 0 Å². The molecule has 0 bridgehead atoms. The van der Waals surface area contributed by atoms with Crippen LogP contribution in [0, 0.1) is 13.8 Å². The van der Waals surface area contributed by atoms with Crippen LogP contribution in [-0.2, 0) is 6.54 Å². The van der Waals surface area contributed by atoms with Gasteiger partial charge in [0.15, 0.2) is 0 Å². The number of rotatable bonds is 2. The van der Waals surface area contributed by atoms with Gasteiger partial charge in [-0.15, -0.1) is 0 Å². The summed E-state index contributed by atoms with van der Waals surface area (Å²) >= 11 is 1.73. The third kappa shape index (κ3) is 1.80. The van der Waals surface area contributed by atoms with Crippen molar-refractivity contribution in [1.29, 1.82) is 0 Å². The molecule has 0 amide bonds. The predicted molar refractivity (Wildman–Crippen MR) is 55.1 cm³/mol. The predicted octanol–water partition coefficient (Wildman–Crippen LogP) is 2.61. The molecule has 0 unspecified atom stereocenters. The lowest BCUT2D eigenvalue weighted by molar-refractivity contribution is 0.660. The van der Waals surface area contributed by atoms with Crippen molar-refractivity contribution in [2.45, 2.75) is 20.4 Å². The van der Waals surface area contributed by atoms with Crippen molar-refractivity contribution in [1.82, 2.24) is 9.78 Å². The summed E-state index contributed by atoms with van der Waals surface area (Å²) in [6.45, 7) is 5.01. The Bertz CT molecular complexity index is 387.